The fourth-order valence-electron chi connectivity index (χ4n) is 1.86. The molecule has 1 nitrogen and oxygen atoms in total. The molecule has 0 atom stereocenters. The van der Waals surface area contributed by atoms with Crippen molar-refractivity contribution in [3.05, 3.63) is 0 Å². The summed E-state index contributed by atoms with van der Waals surface area (Å²) in [6, 6.07) is -18.8. The predicted molar refractivity (Wildman–Crippen MR) is 59.1 cm³/mol. The molecule has 0 saturated heterocycles. The summed E-state index contributed by atoms with van der Waals surface area (Å²) >= 11 is 0. The third kappa shape index (κ3) is 3.97. The van der Waals surface area contributed by atoms with Crippen molar-refractivity contribution in [3.63, 3.8) is 0 Å². The molecule has 27 heteroatoms. The molecule has 0 aromatic carbocycles. The van der Waals surface area contributed by atoms with Gasteiger partial charge in [0.1, 0.15) is 0 Å². The predicted octanol–water partition coefficient (Wildman–Crippen LogP) is 8.33. The van der Waals surface area contributed by atoms with Crippen LogP contribution in [0.3, 0.4) is 0 Å². The van der Waals surface area contributed by atoms with Gasteiger partial charge in [0.25, 0.3) is 0 Å². The van der Waals surface area contributed by atoms with Gasteiger partial charge in [-0.15, -0.1) is 17.6 Å². The number of quaternary nitrogens is 1. The van der Waals surface area contributed by atoms with Crippen molar-refractivity contribution in [2.75, 3.05) is 0 Å². The second-order valence-electron chi connectivity index (χ2n) is 6.61. The molecule has 0 aliphatic carbocycles. The maximum absolute atomic E-state index is 13.3. The molecule has 0 aliphatic heterocycles. The lowest BCUT2D eigenvalue weighted by molar-refractivity contribution is -1.28. The van der Waals surface area contributed by atoms with Crippen LogP contribution in [0.1, 0.15) is 0 Å². The van der Waals surface area contributed by atoms with Crippen molar-refractivity contribution in [2.24, 2.45) is 0 Å². The zero-order chi connectivity index (χ0) is 32.0. The average Bonchev–Trinajstić information content (AvgIpc) is 2.64. The summed E-state index contributed by atoms with van der Waals surface area (Å²) in [5.41, 5.74) is 0. The van der Waals surface area contributed by atoms with Crippen LogP contribution in [-0.2, 0) is 0 Å². The Kier molecular flexibility index (Phi) is 7.92. The van der Waals surface area contributed by atoms with Crippen LogP contribution in [0.25, 0.3) is 0 Å². The molecule has 0 saturated carbocycles. The minimum Gasteiger partial charge on any atom is -0.192 e. The first-order chi connectivity index (χ1) is 15.8. The highest BCUT2D eigenvalue weighted by molar-refractivity contribution is 5.14. The van der Waals surface area contributed by atoms with E-state index >= 15 is 0 Å². The maximum atomic E-state index is 13.3. The van der Waals surface area contributed by atoms with Gasteiger partial charge < -0.3 is 0 Å². The van der Waals surface area contributed by atoms with E-state index in [0.29, 0.717) is 0 Å². The highest BCUT2D eigenvalue weighted by Gasteiger charge is 3.02. The minimum absolute atomic E-state index is 8.19. The molecule has 230 valence electrons. The van der Waals surface area contributed by atoms with Gasteiger partial charge in [-0.1, -0.05) is 0 Å². The van der Waals surface area contributed by atoms with Crippen LogP contribution < -0.4 is 0 Å². The Labute approximate surface area is 187 Å². The van der Waals surface area contributed by atoms with E-state index in [2.05, 4.69) is 0 Å². The van der Waals surface area contributed by atoms with E-state index in [0.717, 1.165) is 0 Å². The Morgan fingerprint density at radius 2 is 0.421 bits per heavy atom. The largest absolute Gasteiger partial charge is 0.544 e. The Morgan fingerprint density at radius 1 is 0.237 bits per heavy atom. The topological polar surface area (TPSA) is 0 Å². The number of alkyl halides is 24. The molecule has 0 unspecified atom stereocenters. The maximum Gasteiger partial charge on any atom is 0.544 e. The van der Waals surface area contributed by atoms with Gasteiger partial charge in [0.15, 0.2) is 4.93 Å². The van der Waals surface area contributed by atoms with Crippen molar-refractivity contribution in [1.29, 1.82) is 0 Å². The van der Waals surface area contributed by atoms with E-state index in [1.807, 2.05) is 0 Å². The summed E-state index contributed by atoms with van der Waals surface area (Å²) in [5, 5.41) is 0. The quantitative estimate of drug-likeness (QED) is 0.135. The third-order valence-electron chi connectivity index (χ3n) is 4.14. The summed E-state index contributed by atoms with van der Waals surface area (Å²) in [7, 11) is 0. The molecule has 0 rings (SSSR count). The second-order valence-corrected chi connectivity index (χ2v) is 6.61. The van der Waals surface area contributed by atoms with E-state index in [1.165, 1.54) is 0 Å². The molecule has 0 aromatic heterocycles. The summed E-state index contributed by atoms with van der Waals surface area (Å²) in [6.45, 7) is 0. The summed E-state index contributed by atoms with van der Waals surface area (Å²) in [4.78, 5) is -8.51. The van der Waals surface area contributed by atoms with Gasteiger partial charge >= 0.3 is 65.9 Å². The van der Waals surface area contributed by atoms with Crippen molar-refractivity contribution in [2.45, 2.75) is 65.9 Å². The Balaban J connectivity index is 7.29. The number of hydrogen-bond donors (Lipinski definition) is 0. The smallest absolute Gasteiger partial charge is 0.192 e. The van der Waals surface area contributed by atoms with E-state index in [4.69, 9.17) is 0 Å². The molecule has 0 amide bonds. The molecule has 0 N–H and O–H groups in total. The SMILES string of the molecule is FC(F)(F)C(F)(F)C(F)(F)C(F)(F)C(F)(F)C(F)(F)C(F)(F)C(F)(F)[N+](F)(F)C(F)(F)C(F)(F)C(F)(F)F. The molecule has 0 bridgehead atoms. The average molecular weight is 640 g/mol. The fraction of sp³-hybridized carbons (Fsp3) is 1.00. The van der Waals surface area contributed by atoms with Crippen LogP contribution >= 0.6 is 0 Å². The number of halogens is 26. The normalized spacial score (nSPS) is 17.2. The van der Waals surface area contributed by atoms with E-state index < -0.39 is 70.8 Å². The molecule has 0 radical (unpaired) electrons. The molecule has 0 aromatic rings. The Bertz CT molecular complexity index is 797. The van der Waals surface area contributed by atoms with E-state index in [9.17, 15) is 114 Å². The van der Waals surface area contributed by atoms with Gasteiger partial charge in [-0.3, -0.25) is 0 Å². The van der Waals surface area contributed by atoms with Crippen LogP contribution in [0.5, 0.6) is 0 Å². The van der Waals surface area contributed by atoms with Crippen LogP contribution in [0.4, 0.5) is 114 Å². The van der Waals surface area contributed by atoms with Crippen LogP contribution in [0.15, 0.2) is 0 Å². The van der Waals surface area contributed by atoms with Gasteiger partial charge in [0.05, 0.1) is 8.96 Å². The van der Waals surface area contributed by atoms with E-state index in [1.54, 1.807) is 0 Å². The highest BCUT2D eigenvalue weighted by atomic mass is 19.5. The van der Waals surface area contributed by atoms with Gasteiger partial charge in [0, 0.05) is 0 Å². The van der Waals surface area contributed by atoms with Gasteiger partial charge in [-0.05, 0) is 0 Å². The second kappa shape index (κ2) is 8.33. The number of nitrogens with zero attached hydrogens (tertiary/aromatic N) is 1. The molecular formula is C11F26N+. The van der Waals surface area contributed by atoms with Gasteiger partial charge in [-0.25, -0.2) is 0 Å². The molecule has 0 heterocycles. The number of rotatable bonds is 9. The van der Waals surface area contributed by atoms with Crippen molar-refractivity contribution in [1.82, 2.24) is 0 Å². The fourth-order valence-corrected chi connectivity index (χ4v) is 1.86. The summed E-state index contributed by atoms with van der Waals surface area (Å²) in [6.07, 6.45) is -16.4. The van der Waals surface area contributed by atoms with Crippen LogP contribution in [0, 0.1) is 0 Å². The number of hydrogen-bond acceptors (Lipinski definition) is 0. The zero-order valence-electron chi connectivity index (χ0n) is 15.8. The highest BCUT2D eigenvalue weighted by Crippen LogP contribution is 2.66. The monoisotopic (exact) mass is 640 g/mol. The van der Waals surface area contributed by atoms with Crippen LogP contribution in [-0.4, -0.2) is 70.8 Å². The lowest BCUT2D eigenvalue weighted by atomic mass is 9.90. The lowest BCUT2D eigenvalue weighted by Gasteiger charge is -2.43. The first kappa shape index (κ1) is 36.1. The molecule has 0 fully saturated rings. The standard InChI is InChI=1S/C11F26N/c12-1(13,3(16,17)5(20,21)8(26,27)28)2(14,15)4(18,19)6(22,23)10(32,33)38(36,37)11(34,35)7(24,25)9(29,30)31/q+1. The first-order valence-electron chi connectivity index (χ1n) is 7.57. The van der Waals surface area contributed by atoms with Crippen molar-refractivity contribution < 1.29 is 119 Å². The first-order valence-corrected chi connectivity index (χ1v) is 7.57. The third-order valence-corrected chi connectivity index (χ3v) is 4.14. The van der Waals surface area contributed by atoms with Crippen LogP contribution in [0.2, 0.25) is 0 Å². The minimum atomic E-state index is -9.68. The summed E-state index contributed by atoms with van der Waals surface area (Å²) in [5.74, 6) is -64.8. The van der Waals surface area contributed by atoms with Crippen molar-refractivity contribution >= 4 is 0 Å². The molecule has 0 aliphatic rings. The molecule has 38 heavy (non-hydrogen) atoms. The molecule has 0 spiro atoms. The molecular weight excluding hydrogens is 640 g/mol. The summed E-state index contributed by atoms with van der Waals surface area (Å²) < 4.78 is 332. The Hall–Kier alpha value is -1.86. The Morgan fingerprint density at radius 3 is 0.658 bits per heavy atom. The van der Waals surface area contributed by atoms with Gasteiger partial charge in [-0.2, -0.15) is 87.8 Å². The van der Waals surface area contributed by atoms with E-state index in [-0.39, 0.29) is 0 Å². The lowest BCUT2D eigenvalue weighted by Crippen LogP contribution is -2.79. The zero-order valence-corrected chi connectivity index (χ0v) is 15.8. The van der Waals surface area contributed by atoms with Gasteiger partial charge in [0.2, 0.25) is 0 Å². The van der Waals surface area contributed by atoms with Crippen molar-refractivity contribution in [3.8, 4) is 0 Å².